The first-order valence-electron chi connectivity index (χ1n) is 9.30. The highest BCUT2D eigenvalue weighted by Gasteiger charge is 2.19. The van der Waals surface area contributed by atoms with Crippen LogP contribution in [0.2, 0.25) is 0 Å². The number of nitrogens with zero attached hydrogens (tertiary/aromatic N) is 3. The molecule has 1 heterocycles. The lowest BCUT2D eigenvalue weighted by atomic mass is 10.2. The number of benzene rings is 1. The van der Waals surface area contributed by atoms with Crippen LogP contribution in [-0.4, -0.2) is 78.5 Å². The zero-order valence-corrected chi connectivity index (χ0v) is 17.3. The van der Waals surface area contributed by atoms with E-state index in [1.807, 2.05) is 19.1 Å². The van der Waals surface area contributed by atoms with Crippen molar-refractivity contribution in [1.82, 2.24) is 14.9 Å². The molecule has 0 spiro atoms. The summed E-state index contributed by atoms with van der Waals surface area (Å²) in [6, 6.07) is 8.14. The molecule has 1 aliphatic heterocycles. The van der Waals surface area contributed by atoms with E-state index in [0.717, 1.165) is 44.4 Å². The van der Waals surface area contributed by atoms with E-state index in [0.29, 0.717) is 19.5 Å². The second-order valence-corrected chi connectivity index (χ2v) is 8.26. The van der Waals surface area contributed by atoms with Crippen molar-refractivity contribution >= 4 is 21.7 Å². The summed E-state index contributed by atoms with van der Waals surface area (Å²) in [6.07, 6.45) is 1.84. The number of sulfonamides is 1. The zero-order valence-electron chi connectivity index (χ0n) is 16.4. The minimum absolute atomic E-state index is 0.410. The minimum atomic E-state index is -3.13. The number of aliphatic imine (C=N–C) groups is 1. The molecule has 1 aromatic rings. The number of rotatable bonds is 8. The molecular weight excluding hydrogens is 366 g/mol. The lowest BCUT2D eigenvalue weighted by molar-refractivity contribution is 0.372. The van der Waals surface area contributed by atoms with Crippen molar-refractivity contribution in [2.24, 2.45) is 4.99 Å². The Labute approximate surface area is 162 Å². The van der Waals surface area contributed by atoms with Gasteiger partial charge in [-0.05, 0) is 37.6 Å². The standard InChI is InChI=1S/C18H31N5O3S/c1-4-19-18(20-10-5-11-21-27(3,24)25)23-14-12-22(13-15-23)16-6-8-17(26-2)9-7-16/h6-9,21H,4-5,10-15H2,1-3H3,(H,19,20). The van der Waals surface area contributed by atoms with Crippen molar-refractivity contribution in [3.63, 3.8) is 0 Å². The van der Waals surface area contributed by atoms with Gasteiger partial charge >= 0.3 is 0 Å². The van der Waals surface area contributed by atoms with Crippen LogP contribution >= 0.6 is 0 Å². The number of piperazine rings is 1. The van der Waals surface area contributed by atoms with Crippen molar-refractivity contribution in [1.29, 1.82) is 0 Å². The van der Waals surface area contributed by atoms with Crippen LogP contribution < -0.4 is 19.7 Å². The smallest absolute Gasteiger partial charge is 0.208 e. The van der Waals surface area contributed by atoms with E-state index in [4.69, 9.17) is 4.74 Å². The Bertz CT molecular complexity index is 698. The van der Waals surface area contributed by atoms with Crippen molar-refractivity contribution in [3.8, 4) is 5.75 Å². The molecule has 1 aromatic carbocycles. The van der Waals surface area contributed by atoms with Gasteiger partial charge in [0.2, 0.25) is 10.0 Å². The Morgan fingerprint density at radius 2 is 1.85 bits per heavy atom. The number of methoxy groups -OCH3 is 1. The minimum Gasteiger partial charge on any atom is -0.497 e. The topological polar surface area (TPSA) is 86.3 Å². The van der Waals surface area contributed by atoms with Gasteiger partial charge in [-0.1, -0.05) is 0 Å². The predicted molar refractivity (Wildman–Crippen MR) is 110 cm³/mol. The second-order valence-electron chi connectivity index (χ2n) is 6.43. The first-order valence-corrected chi connectivity index (χ1v) is 11.2. The first kappa shape index (κ1) is 21.3. The van der Waals surface area contributed by atoms with E-state index in [2.05, 4.69) is 37.0 Å². The van der Waals surface area contributed by atoms with Crippen LogP contribution in [0.5, 0.6) is 5.75 Å². The Kier molecular flexibility index (Phi) is 8.18. The fraction of sp³-hybridized carbons (Fsp3) is 0.611. The van der Waals surface area contributed by atoms with E-state index < -0.39 is 10.0 Å². The van der Waals surface area contributed by atoms with E-state index >= 15 is 0 Å². The van der Waals surface area contributed by atoms with Gasteiger partial charge in [0.25, 0.3) is 0 Å². The monoisotopic (exact) mass is 397 g/mol. The third-order valence-corrected chi connectivity index (χ3v) is 5.04. The van der Waals surface area contributed by atoms with Crippen LogP contribution in [0.3, 0.4) is 0 Å². The number of ether oxygens (including phenoxy) is 1. The Hall–Kier alpha value is -2.00. The van der Waals surface area contributed by atoms with Gasteiger partial charge < -0.3 is 19.9 Å². The quantitative estimate of drug-likeness (QED) is 0.382. The second kappa shape index (κ2) is 10.4. The molecule has 0 amide bonds. The average Bonchev–Trinajstić information content (AvgIpc) is 2.66. The molecule has 8 nitrogen and oxygen atoms in total. The Balaban J connectivity index is 1.85. The van der Waals surface area contributed by atoms with E-state index in [9.17, 15) is 8.42 Å². The van der Waals surface area contributed by atoms with Crippen molar-refractivity contribution in [2.75, 3.05) is 64.1 Å². The van der Waals surface area contributed by atoms with Gasteiger partial charge in [-0.2, -0.15) is 0 Å². The summed E-state index contributed by atoms with van der Waals surface area (Å²) in [4.78, 5) is 9.25. The van der Waals surface area contributed by atoms with Crippen LogP contribution in [0.1, 0.15) is 13.3 Å². The van der Waals surface area contributed by atoms with Gasteiger partial charge in [0.05, 0.1) is 13.4 Å². The number of hydrogen-bond donors (Lipinski definition) is 2. The Morgan fingerprint density at radius 1 is 1.19 bits per heavy atom. The van der Waals surface area contributed by atoms with Crippen molar-refractivity contribution in [3.05, 3.63) is 24.3 Å². The van der Waals surface area contributed by atoms with Crippen LogP contribution in [0.4, 0.5) is 5.69 Å². The maximum Gasteiger partial charge on any atom is 0.208 e. The number of nitrogens with one attached hydrogen (secondary N) is 2. The molecule has 0 aromatic heterocycles. The summed E-state index contributed by atoms with van der Waals surface area (Å²) >= 11 is 0. The summed E-state index contributed by atoms with van der Waals surface area (Å²) in [5.74, 6) is 1.76. The maximum atomic E-state index is 11.1. The summed E-state index contributed by atoms with van der Waals surface area (Å²) in [6.45, 7) is 7.47. The van der Waals surface area contributed by atoms with Gasteiger partial charge in [-0.3, -0.25) is 4.99 Å². The van der Waals surface area contributed by atoms with Crippen LogP contribution in [0, 0.1) is 0 Å². The van der Waals surface area contributed by atoms with Gasteiger partial charge in [-0.25, -0.2) is 13.1 Å². The molecule has 0 bridgehead atoms. The van der Waals surface area contributed by atoms with Crippen LogP contribution in [0.25, 0.3) is 0 Å². The molecule has 1 saturated heterocycles. The molecule has 0 radical (unpaired) electrons. The van der Waals surface area contributed by atoms with E-state index in [-0.39, 0.29) is 0 Å². The molecule has 2 rings (SSSR count). The predicted octanol–water partition coefficient (Wildman–Crippen LogP) is 0.722. The summed E-state index contributed by atoms with van der Waals surface area (Å²) in [7, 11) is -1.46. The van der Waals surface area contributed by atoms with E-state index in [1.54, 1.807) is 7.11 Å². The fourth-order valence-electron chi connectivity index (χ4n) is 2.92. The van der Waals surface area contributed by atoms with Crippen LogP contribution in [-0.2, 0) is 10.0 Å². The maximum absolute atomic E-state index is 11.1. The van der Waals surface area contributed by atoms with E-state index in [1.165, 1.54) is 11.9 Å². The lowest BCUT2D eigenvalue weighted by Gasteiger charge is -2.37. The van der Waals surface area contributed by atoms with Crippen molar-refractivity contribution in [2.45, 2.75) is 13.3 Å². The SMILES string of the molecule is CCNC(=NCCCNS(C)(=O)=O)N1CCN(c2ccc(OC)cc2)CC1. The molecule has 0 aliphatic carbocycles. The van der Waals surface area contributed by atoms with Gasteiger partial charge in [0, 0.05) is 51.5 Å². The van der Waals surface area contributed by atoms with Crippen LogP contribution in [0.15, 0.2) is 29.3 Å². The van der Waals surface area contributed by atoms with Gasteiger partial charge in [-0.15, -0.1) is 0 Å². The average molecular weight is 398 g/mol. The number of anilines is 1. The third-order valence-electron chi connectivity index (χ3n) is 4.31. The molecule has 0 unspecified atom stereocenters. The molecular formula is C18H31N5O3S. The molecule has 2 N–H and O–H groups in total. The normalized spacial score (nSPS) is 15.7. The number of guanidine groups is 1. The summed E-state index contributed by atoms with van der Waals surface area (Å²) in [5, 5.41) is 3.33. The molecule has 27 heavy (non-hydrogen) atoms. The summed E-state index contributed by atoms with van der Waals surface area (Å²) in [5.41, 5.74) is 1.20. The molecule has 1 aliphatic rings. The number of hydrogen-bond acceptors (Lipinski definition) is 5. The first-order chi connectivity index (χ1) is 12.9. The zero-order chi connectivity index (χ0) is 19.7. The highest BCUT2D eigenvalue weighted by atomic mass is 32.2. The van der Waals surface area contributed by atoms with Crippen molar-refractivity contribution < 1.29 is 13.2 Å². The molecule has 152 valence electrons. The highest BCUT2D eigenvalue weighted by molar-refractivity contribution is 7.88. The fourth-order valence-corrected chi connectivity index (χ4v) is 3.43. The highest BCUT2D eigenvalue weighted by Crippen LogP contribution is 2.20. The molecule has 0 saturated carbocycles. The van der Waals surface area contributed by atoms with Gasteiger partial charge in [0.15, 0.2) is 5.96 Å². The third kappa shape index (κ3) is 7.26. The van der Waals surface area contributed by atoms with Gasteiger partial charge in [0.1, 0.15) is 5.75 Å². The Morgan fingerprint density at radius 3 is 2.41 bits per heavy atom. The molecule has 0 atom stereocenters. The largest absolute Gasteiger partial charge is 0.497 e. The lowest BCUT2D eigenvalue weighted by Crippen LogP contribution is -2.52. The summed E-state index contributed by atoms with van der Waals surface area (Å²) < 4.78 is 29.9. The molecule has 1 fully saturated rings. The molecule has 9 heteroatoms.